The molecule has 0 bridgehead atoms. The topological polar surface area (TPSA) is 37.3 Å². The van der Waals surface area contributed by atoms with E-state index >= 15 is 0 Å². The fourth-order valence-electron chi connectivity index (χ4n) is 2.92. The highest BCUT2D eigenvalue weighted by Crippen LogP contribution is 2.00. The fraction of sp³-hybridized carbons (Fsp3) is 0.690. The second-order valence-electron chi connectivity index (χ2n) is 12.5. The van der Waals surface area contributed by atoms with Gasteiger partial charge in [0.15, 0.2) is 0 Å². The van der Waals surface area contributed by atoms with Gasteiger partial charge in [0.1, 0.15) is 0 Å². The second-order valence-corrected chi connectivity index (χ2v) is 12.5. The van der Waals surface area contributed by atoms with Gasteiger partial charge in [-0.05, 0) is 128 Å². The first-order valence-corrected chi connectivity index (χ1v) is 17.5. The van der Waals surface area contributed by atoms with E-state index in [1.807, 2.05) is 13.8 Å². The van der Waals surface area contributed by atoms with E-state index in [2.05, 4.69) is 140 Å². The van der Waals surface area contributed by atoms with Crippen molar-refractivity contribution in [2.45, 2.75) is 195 Å². The van der Waals surface area contributed by atoms with E-state index in [0.29, 0.717) is 0 Å². The van der Waals surface area contributed by atoms with Crippen molar-refractivity contribution in [3.05, 3.63) is 69.9 Å². The minimum absolute atomic E-state index is 0.282. The lowest BCUT2D eigenvalue weighted by Gasteiger charge is -1.91. The first-order chi connectivity index (χ1) is 20.5. The van der Waals surface area contributed by atoms with Gasteiger partial charge in [0.2, 0.25) is 0 Å². The summed E-state index contributed by atoms with van der Waals surface area (Å²) in [6, 6.07) is 0. The summed E-state index contributed by atoms with van der Waals surface area (Å²) in [6.45, 7) is 36.2. The lowest BCUT2D eigenvalue weighted by molar-refractivity contribution is -0.137. The van der Waals surface area contributed by atoms with Gasteiger partial charge in [-0.2, -0.15) is 0 Å². The molecule has 0 aliphatic carbocycles. The Morgan fingerprint density at radius 1 is 0.409 bits per heavy atom. The molecule has 0 unspecified atom stereocenters. The summed E-state index contributed by atoms with van der Waals surface area (Å²) in [7, 11) is 0. The van der Waals surface area contributed by atoms with Crippen LogP contribution in [-0.2, 0) is 4.79 Å². The minimum Gasteiger partial charge on any atom is -0.481 e. The normalized spacial score (nSPS) is 8.48. The molecule has 0 aromatic rings. The Morgan fingerprint density at radius 2 is 0.682 bits per heavy atom. The van der Waals surface area contributed by atoms with Gasteiger partial charge >= 0.3 is 5.97 Å². The van der Waals surface area contributed by atoms with Crippen LogP contribution >= 0.6 is 0 Å². The van der Waals surface area contributed by atoms with Crippen LogP contribution < -0.4 is 0 Å². The second kappa shape index (κ2) is 47.8. The largest absolute Gasteiger partial charge is 0.481 e. The molecular formula is C42H82O2. The maximum Gasteiger partial charge on any atom is 0.303 e. The average molecular weight is 619 g/mol. The number of unbranched alkanes of at least 4 members (excludes halogenated alkanes) is 5. The smallest absolute Gasteiger partial charge is 0.303 e. The zero-order chi connectivity index (χ0) is 35.8. The van der Waals surface area contributed by atoms with Crippen molar-refractivity contribution in [1.29, 1.82) is 0 Å². The zero-order valence-corrected chi connectivity index (χ0v) is 33.3. The molecule has 2 nitrogen and oxygen atoms in total. The highest BCUT2D eigenvalue weighted by molar-refractivity contribution is 5.66. The van der Waals surface area contributed by atoms with Crippen LogP contribution in [0.5, 0.6) is 0 Å². The van der Waals surface area contributed by atoms with Gasteiger partial charge in [0.25, 0.3) is 0 Å². The van der Waals surface area contributed by atoms with Crippen LogP contribution in [0.15, 0.2) is 69.9 Å². The molecule has 0 saturated carbocycles. The lowest BCUT2D eigenvalue weighted by Crippen LogP contribution is -1.92. The first kappa shape index (κ1) is 54.4. The van der Waals surface area contributed by atoms with E-state index in [9.17, 15) is 4.79 Å². The summed E-state index contributed by atoms with van der Waals surface area (Å²) in [5, 5.41) is 8.26. The number of hydrogen-bond acceptors (Lipinski definition) is 1. The molecule has 0 spiro atoms. The van der Waals surface area contributed by atoms with Crippen LogP contribution in [0.25, 0.3) is 0 Å². The van der Waals surface area contributed by atoms with Crippen LogP contribution in [0, 0.1) is 0 Å². The number of carbonyl (C=O) groups is 1. The first-order valence-electron chi connectivity index (χ1n) is 17.5. The molecule has 0 amide bonds. The van der Waals surface area contributed by atoms with Gasteiger partial charge < -0.3 is 5.11 Å². The third kappa shape index (κ3) is 106. The average Bonchev–Trinajstić information content (AvgIpc) is 2.90. The van der Waals surface area contributed by atoms with Crippen molar-refractivity contribution >= 4 is 5.97 Å². The predicted octanol–water partition coefficient (Wildman–Crippen LogP) is 15.6. The number of aliphatic carboxylic acids is 1. The number of carboxylic acid groups (broad SMARTS) is 1. The Kier molecular flexibility index (Phi) is 59.1. The van der Waals surface area contributed by atoms with Gasteiger partial charge in [-0.15, -0.1) is 0 Å². The summed E-state index contributed by atoms with van der Waals surface area (Å²) < 4.78 is 0. The lowest BCUT2D eigenvalue weighted by atomic mass is 10.2. The highest BCUT2D eigenvalue weighted by Gasteiger charge is 1.93. The Hall–Kier alpha value is -2.09. The van der Waals surface area contributed by atoms with E-state index in [-0.39, 0.29) is 6.42 Å². The number of allylic oxidation sites excluding steroid dienone is 12. The summed E-state index contributed by atoms with van der Waals surface area (Å²) in [6.07, 6.45) is 26.5. The maximum absolute atomic E-state index is 10.0. The molecular weight excluding hydrogens is 536 g/mol. The molecule has 1 N–H and O–H groups in total. The van der Waals surface area contributed by atoms with Crippen molar-refractivity contribution in [2.75, 3.05) is 0 Å². The van der Waals surface area contributed by atoms with Crippen molar-refractivity contribution < 1.29 is 9.90 Å². The van der Waals surface area contributed by atoms with Crippen LogP contribution in [0.2, 0.25) is 0 Å². The van der Waals surface area contributed by atoms with E-state index in [1.54, 1.807) is 0 Å². The Bertz CT molecular complexity index is 708. The number of hydrogen-bond donors (Lipinski definition) is 1. The minimum atomic E-state index is -0.706. The van der Waals surface area contributed by atoms with Crippen LogP contribution in [-0.4, -0.2) is 11.1 Å². The van der Waals surface area contributed by atoms with Crippen LogP contribution in [0.1, 0.15) is 195 Å². The Morgan fingerprint density at radius 3 is 0.841 bits per heavy atom. The standard InChI is InChI=1S/C8H14O2.C8H16.2C7H14.2C6H12/c1-7(2)5-3-4-6-8(9)10;1-4-5-6-7-8(2)3;2*1-4-5-6-7(2)3;2*1-4-5-6(2)3/h5H,3-4,6H2,1-2H3,(H,9,10);7H,4-6H2,1-3H3;2*6H,4-5H2,1-3H3;2*5H,4H2,1-3H3. The monoisotopic (exact) mass is 619 g/mol. The van der Waals surface area contributed by atoms with E-state index in [0.717, 1.165) is 12.8 Å². The maximum atomic E-state index is 10.0. The Labute approximate surface area is 280 Å². The molecule has 44 heavy (non-hydrogen) atoms. The van der Waals surface area contributed by atoms with Gasteiger partial charge in [0, 0.05) is 6.42 Å². The zero-order valence-electron chi connectivity index (χ0n) is 33.3. The van der Waals surface area contributed by atoms with Crippen molar-refractivity contribution in [2.24, 2.45) is 0 Å². The third-order valence-corrected chi connectivity index (χ3v) is 5.16. The van der Waals surface area contributed by atoms with Gasteiger partial charge in [-0.1, -0.05) is 130 Å². The van der Waals surface area contributed by atoms with Crippen molar-refractivity contribution in [3.63, 3.8) is 0 Å². The molecule has 0 radical (unpaired) electrons. The molecule has 0 atom stereocenters. The fourth-order valence-corrected chi connectivity index (χ4v) is 2.92. The van der Waals surface area contributed by atoms with Gasteiger partial charge in [0.05, 0.1) is 0 Å². The summed E-state index contributed by atoms with van der Waals surface area (Å²) in [5.74, 6) is -0.706. The van der Waals surface area contributed by atoms with Crippen molar-refractivity contribution in [1.82, 2.24) is 0 Å². The summed E-state index contributed by atoms with van der Waals surface area (Å²) in [5.41, 5.74) is 8.39. The van der Waals surface area contributed by atoms with Gasteiger partial charge in [-0.3, -0.25) is 4.79 Å². The SMILES string of the molecule is CC(C)=CCCCC(=O)O.CCC=C(C)C.CCC=C(C)C.CCCC=C(C)C.CCCC=C(C)C.CCCCC=C(C)C. The number of rotatable bonds is 13. The molecule has 2 heteroatoms. The predicted molar refractivity (Wildman–Crippen MR) is 208 cm³/mol. The molecule has 0 aliphatic rings. The molecule has 262 valence electrons. The Balaban J connectivity index is -0.0000000994. The van der Waals surface area contributed by atoms with E-state index < -0.39 is 5.97 Å². The molecule has 0 fully saturated rings. The van der Waals surface area contributed by atoms with Crippen LogP contribution in [0.4, 0.5) is 0 Å². The molecule has 0 aliphatic heterocycles. The third-order valence-electron chi connectivity index (χ3n) is 5.16. The molecule has 0 rings (SSSR count). The quantitative estimate of drug-likeness (QED) is 0.165. The molecule has 0 aromatic carbocycles. The summed E-state index contributed by atoms with van der Waals surface area (Å²) in [4.78, 5) is 10.0. The molecule has 0 heterocycles. The van der Waals surface area contributed by atoms with E-state index in [4.69, 9.17) is 5.11 Å². The summed E-state index contributed by atoms with van der Waals surface area (Å²) >= 11 is 0. The number of carboxylic acids is 1. The van der Waals surface area contributed by atoms with Crippen molar-refractivity contribution in [3.8, 4) is 0 Å². The van der Waals surface area contributed by atoms with E-state index in [1.165, 1.54) is 91.2 Å². The molecule has 0 aromatic heterocycles. The molecule has 0 saturated heterocycles. The highest BCUT2D eigenvalue weighted by atomic mass is 16.4. The van der Waals surface area contributed by atoms with Gasteiger partial charge in [-0.25, -0.2) is 0 Å². The van der Waals surface area contributed by atoms with Crippen LogP contribution in [0.3, 0.4) is 0 Å².